The molecule has 0 bridgehead atoms. The Hall–Kier alpha value is -2.02. The van der Waals surface area contributed by atoms with E-state index >= 15 is 0 Å². The maximum absolute atomic E-state index is 12.6. The lowest BCUT2D eigenvalue weighted by Gasteiger charge is -2.17. The van der Waals surface area contributed by atoms with Crippen molar-refractivity contribution < 1.29 is 14.3 Å². The highest BCUT2D eigenvalue weighted by Crippen LogP contribution is 2.35. The van der Waals surface area contributed by atoms with Gasteiger partial charge in [-0.2, -0.15) is 5.26 Å². The molecule has 2 atom stereocenters. The SMILES string of the molecule is CCCCC(CC)C(=O)C(C#N)c1ccc2c(c1)OCO2. The van der Waals surface area contributed by atoms with E-state index in [0.29, 0.717) is 17.1 Å². The van der Waals surface area contributed by atoms with Gasteiger partial charge in [0.25, 0.3) is 0 Å². The topological polar surface area (TPSA) is 59.3 Å². The van der Waals surface area contributed by atoms with E-state index in [9.17, 15) is 10.1 Å². The minimum Gasteiger partial charge on any atom is -0.454 e. The molecular formula is C17H21NO3. The standard InChI is InChI=1S/C17H21NO3/c1-3-5-6-12(4-2)17(19)14(10-18)13-7-8-15-16(9-13)21-11-20-15/h7-9,12,14H,3-6,11H2,1-2H3. The summed E-state index contributed by atoms with van der Waals surface area (Å²) in [4.78, 5) is 12.6. The van der Waals surface area contributed by atoms with Crippen molar-refractivity contribution in [3.63, 3.8) is 0 Å². The van der Waals surface area contributed by atoms with Crippen LogP contribution in [0.15, 0.2) is 18.2 Å². The molecule has 1 heterocycles. The van der Waals surface area contributed by atoms with Crippen LogP contribution < -0.4 is 9.47 Å². The largest absolute Gasteiger partial charge is 0.454 e. The Morgan fingerprint density at radius 1 is 1.33 bits per heavy atom. The molecular weight excluding hydrogens is 266 g/mol. The highest BCUT2D eigenvalue weighted by molar-refractivity contribution is 5.90. The van der Waals surface area contributed by atoms with Gasteiger partial charge < -0.3 is 9.47 Å². The molecule has 0 aromatic heterocycles. The lowest BCUT2D eigenvalue weighted by atomic mass is 9.84. The number of rotatable bonds is 7. The summed E-state index contributed by atoms with van der Waals surface area (Å²) < 4.78 is 10.6. The minimum absolute atomic E-state index is 0.0207. The molecule has 1 aromatic carbocycles. The second kappa shape index (κ2) is 7.12. The molecule has 21 heavy (non-hydrogen) atoms. The van der Waals surface area contributed by atoms with Gasteiger partial charge in [-0.05, 0) is 30.5 Å². The number of hydrogen-bond acceptors (Lipinski definition) is 4. The third-order valence-corrected chi connectivity index (χ3v) is 3.94. The zero-order valence-corrected chi connectivity index (χ0v) is 12.6. The third-order valence-electron chi connectivity index (χ3n) is 3.94. The number of fused-ring (bicyclic) bond motifs is 1. The summed E-state index contributed by atoms with van der Waals surface area (Å²) in [6, 6.07) is 7.45. The molecule has 112 valence electrons. The summed E-state index contributed by atoms with van der Waals surface area (Å²) in [5.41, 5.74) is 0.696. The number of hydrogen-bond donors (Lipinski definition) is 0. The first-order chi connectivity index (χ1) is 10.2. The van der Waals surface area contributed by atoms with Crippen LogP contribution in [0.25, 0.3) is 0 Å². The van der Waals surface area contributed by atoms with E-state index in [-0.39, 0.29) is 18.5 Å². The van der Waals surface area contributed by atoms with Gasteiger partial charge in [0.1, 0.15) is 5.92 Å². The first-order valence-electron chi connectivity index (χ1n) is 7.54. The summed E-state index contributed by atoms with van der Waals surface area (Å²) in [6.45, 7) is 4.31. The smallest absolute Gasteiger partial charge is 0.231 e. The minimum atomic E-state index is -0.721. The molecule has 0 spiro atoms. The van der Waals surface area contributed by atoms with Crippen LogP contribution in [0.1, 0.15) is 51.0 Å². The van der Waals surface area contributed by atoms with Crippen molar-refractivity contribution in [2.24, 2.45) is 5.92 Å². The number of benzene rings is 1. The number of nitriles is 1. The fourth-order valence-corrected chi connectivity index (χ4v) is 2.63. The van der Waals surface area contributed by atoms with Crippen LogP contribution in [0.3, 0.4) is 0 Å². The molecule has 1 aliphatic rings. The van der Waals surface area contributed by atoms with E-state index in [1.54, 1.807) is 18.2 Å². The van der Waals surface area contributed by atoms with Crippen LogP contribution in [-0.2, 0) is 4.79 Å². The maximum Gasteiger partial charge on any atom is 0.231 e. The van der Waals surface area contributed by atoms with Gasteiger partial charge in [0.15, 0.2) is 17.3 Å². The van der Waals surface area contributed by atoms with Gasteiger partial charge in [0.2, 0.25) is 6.79 Å². The highest BCUT2D eigenvalue weighted by Gasteiger charge is 2.28. The number of ketones is 1. The van der Waals surface area contributed by atoms with Crippen LogP contribution in [0.4, 0.5) is 0 Å². The third kappa shape index (κ3) is 3.36. The summed E-state index contributed by atoms with van der Waals surface area (Å²) in [5.74, 6) is 0.539. The van der Waals surface area contributed by atoms with Crippen molar-refractivity contribution in [1.29, 1.82) is 5.26 Å². The number of ether oxygens (including phenoxy) is 2. The van der Waals surface area contributed by atoms with Crippen LogP contribution in [0.5, 0.6) is 11.5 Å². The molecule has 0 amide bonds. The average Bonchev–Trinajstić information content (AvgIpc) is 2.96. The van der Waals surface area contributed by atoms with Gasteiger partial charge in [-0.15, -0.1) is 0 Å². The Bertz CT molecular complexity index is 547. The van der Waals surface area contributed by atoms with Crippen molar-refractivity contribution in [2.45, 2.75) is 45.4 Å². The maximum atomic E-state index is 12.6. The predicted octanol–water partition coefficient (Wildman–Crippen LogP) is 3.81. The molecule has 0 fully saturated rings. The summed E-state index contributed by atoms with van der Waals surface area (Å²) in [6.07, 6.45) is 3.71. The van der Waals surface area contributed by atoms with E-state index in [1.807, 2.05) is 6.92 Å². The second-order valence-electron chi connectivity index (χ2n) is 5.32. The zero-order valence-electron chi connectivity index (χ0n) is 12.6. The number of unbranched alkanes of at least 4 members (excludes halogenated alkanes) is 1. The molecule has 0 N–H and O–H groups in total. The normalized spacial score (nSPS) is 15.3. The molecule has 0 aliphatic carbocycles. The fraction of sp³-hybridized carbons (Fsp3) is 0.529. The monoisotopic (exact) mass is 287 g/mol. The van der Waals surface area contributed by atoms with E-state index < -0.39 is 5.92 Å². The van der Waals surface area contributed by atoms with Gasteiger partial charge >= 0.3 is 0 Å². The van der Waals surface area contributed by atoms with Crippen LogP contribution in [-0.4, -0.2) is 12.6 Å². The number of carbonyl (C=O) groups excluding carboxylic acids is 1. The molecule has 0 saturated heterocycles. The van der Waals surface area contributed by atoms with Crippen LogP contribution in [0, 0.1) is 17.2 Å². The van der Waals surface area contributed by atoms with Crippen LogP contribution >= 0.6 is 0 Å². The Morgan fingerprint density at radius 3 is 2.76 bits per heavy atom. The average molecular weight is 287 g/mol. The number of Topliss-reactive ketones (excluding diaryl/α,β-unsaturated/α-hetero) is 1. The summed E-state index contributed by atoms with van der Waals surface area (Å²) in [5, 5.41) is 9.43. The first kappa shape index (κ1) is 15.4. The van der Waals surface area contributed by atoms with Crippen molar-refractivity contribution in [1.82, 2.24) is 0 Å². The van der Waals surface area contributed by atoms with Crippen molar-refractivity contribution in [3.8, 4) is 17.6 Å². The zero-order chi connectivity index (χ0) is 15.2. The Balaban J connectivity index is 2.18. The Morgan fingerprint density at radius 2 is 2.10 bits per heavy atom. The number of carbonyl (C=O) groups is 1. The Labute approximate surface area is 125 Å². The van der Waals surface area contributed by atoms with Gasteiger partial charge in [0, 0.05) is 5.92 Å². The number of nitrogens with zero attached hydrogens (tertiary/aromatic N) is 1. The van der Waals surface area contributed by atoms with Gasteiger partial charge in [-0.3, -0.25) is 4.79 Å². The highest BCUT2D eigenvalue weighted by atomic mass is 16.7. The molecule has 1 aliphatic heterocycles. The predicted molar refractivity (Wildman–Crippen MR) is 79.2 cm³/mol. The van der Waals surface area contributed by atoms with Gasteiger partial charge in [-0.25, -0.2) is 0 Å². The molecule has 0 saturated carbocycles. The first-order valence-corrected chi connectivity index (χ1v) is 7.54. The van der Waals surface area contributed by atoms with Gasteiger partial charge in [0.05, 0.1) is 6.07 Å². The van der Waals surface area contributed by atoms with E-state index in [4.69, 9.17) is 9.47 Å². The molecule has 2 rings (SSSR count). The molecule has 4 nitrogen and oxygen atoms in total. The lowest BCUT2D eigenvalue weighted by molar-refractivity contribution is -0.123. The van der Waals surface area contributed by atoms with E-state index in [2.05, 4.69) is 13.0 Å². The summed E-state index contributed by atoms with van der Waals surface area (Å²) in [7, 11) is 0. The molecule has 2 unspecified atom stereocenters. The molecule has 0 radical (unpaired) electrons. The van der Waals surface area contributed by atoms with Gasteiger partial charge in [-0.1, -0.05) is 32.8 Å². The molecule has 1 aromatic rings. The van der Waals surface area contributed by atoms with Crippen molar-refractivity contribution >= 4 is 5.78 Å². The van der Waals surface area contributed by atoms with Crippen molar-refractivity contribution in [2.75, 3.05) is 6.79 Å². The lowest BCUT2D eigenvalue weighted by Crippen LogP contribution is -2.21. The summed E-state index contributed by atoms with van der Waals surface area (Å²) >= 11 is 0. The van der Waals surface area contributed by atoms with Crippen molar-refractivity contribution in [3.05, 3.63) is 23.8 Å². The fourth-order valence-electron chi connectivity index (χ4n) is 2.63. The van der Waals surface area contributed by atoms with E-state index in [0.717, 1.165) is 25.7 Å². The van der Waals surface area contributed by atoms with Crippen LogP contribution in [0.2, 0.25) is 0 Å². The quantitative estimate of drug-likeness (QED) is 0.765. The second-order valence-corrected chi connectivity index (χ2v) is 5.32. The molecule has 4 heteroatoms. The van der Waals surface area contributed by atoms with E-state index in [1.165, 1.54) is 0 Å². The Kier molecular flexibility index (Phi) is 5.21.